The summed E-state index contributed by atoms with van der Waals surface area (Å²) in [5, 5.41) is 0. The minimum atomic E-state index is -0.495. The Labute approximate surface area is 131 Å². The van der Waals surface area contributed by atoms with E-state index < -0.39 is 5.60 Å². The van der Waals surface area contributed by atoms with Gasteiger partial charge < -0.3 is 13.9 Å². The average Bonchev–Trinajstić information content (AvgIpc) is 2.97. The van der Waals surface area contributed by atoms with E-state index in [2.05, 4.69) is 0 Å². The van der Waals surface area contributed by atoms with Crippen molar-refractivity contribution in [1.29, 1.82) is 0 Å². The predicted molar refractivity (Wildman–Crippen MR) is 84.0 cm³/mol. The number of carbonyl (C=O) groups is 1. The van der Waals surface area contributed by atoms with Crippen LogP contribution in [-0.2, 0) is 9.53 Å². The maximum atomic E-state index is 12.2. The Hall–Kier alpha value is -2.23. The number of benzene rings is 1. The van der Waals surface area contributed by atoms with Crippen molar-refractivity contribution in [1.82, 2.24) is 0 Å². The second-order valence-corrected chi connectivity index (χ2v) is 6.13. The molecule has 0 spiro atoms. The summed E-state index contributed by atoms with van der Waals surface area (Å²) in [6.07, 6.45) is 1.85. The molecule has 0 saturated carbocycles. The molecule has 0 unspecified atom stereocenters. The van der Waals surface area contributed by atoms with Crippen LogP contribution >= 0.6 is 0 Å². The zero-order valence-electron chi connectivity index (χ0n) is 13.5. The van der Waals surface area contributed by atoms with Gasteiger partial charge in [-0.05, 0) is 50.6 Å². The van der Waals surface area contributed by atoms with Crippen LogP contribution in [0.25, 0.3) is 0 Å². The summed E-state index contributed by atoms with van der Waals surface area (Å²) in [5.41, 5.74) is 0.492. The van der Waals surface area contributed by atoms with Gasteiger partial charge in [0.15, 0.2) is 0 Å². The van der Waals surface area contributed by atoms with Crippen LogP contribution < -0.4 is 4.74 Å². The van der Waals surface area contributed by atoms with Gasteiger partial charge in [0.25, 0.3) is 0 Å². The highest BCUT2D eigenvalue weighted by atomic mass is 16.6. The van der Waals surface area contributed by atoms with E-state index in [1.807, 2.05) is 57.2 Å². The highest BCUT2D eigenvalue weighted by molar-refractivity contribution is 5.71. The van der Waals surface area contributed by atoms with Crippen LogP contribution in [-0.4, -0.2) is 18.7 Å². The molecule has 0 aliphatic heterocycles. The zero-order valence-corrected chi connectivity index (χ0v) is 13.5. The maximum absolute atomic E-state index is 12.2. The molecule has 22 heavy (non-hydrogen) atoms. The first-order chi connectivity index (χ1) is 10.4. The molecular formula is C18H22O4. The lowest BCUT2D eigenvalue weighted by Gasteiger charge is -2.22. The smallest absolute Gasteiger partial charge is 0.307 e. The van der Waals surface area contributed by atoms with Gasteiger partial charge in [-0.1, -0.05) is 12.1 Å². The highest BCUT2D eigenvalue weighted by Gasteiger charge is 2.24. The summed E-state index contributed by atoms with van der Waals surface area (Å²) in [6.45, 7) is 5.58. The van der Waals surface area contributed by atoms with Crippen molar-refractivity contribution in [2.75, 3.05) is 7.11 Å². The molecule has 0 N–H and O–H groups in total. The van der Waals surface area contributed by atoms with Gasteiger partial charge in [0.2, 0.25) is 0 Å². The van der Waals surface area contributed by atoms with Crippen LogP contribution in [0.15, 0.2) is 47.1 Å². The monoisotopic (exact) mass is 302 g/mol. The van der Waals surface area contributed by atoms with Gasteiger partial charge in [0, 0.05) is 0 Å². The van der Waals surface area contributed by atoms with Gasteiger partial charge in [-0.3, -0.25) is 4.79 Å². The summed E-state index contributed by atoms with van der Waals surface area (Å²) in [4.78, 5) is 12.2. The van der Waals surface area contributed by atoms with Crippen molar-refractivity contribution in [3.63, 3.8) is 0 Å². The Balaban J connectivity index is 2.21. The summed E-state index contributed by atoms with van der Waals surface area (Å²) in [7, 11) is 1.62. The van der Waals surface area contributed by atoms with Crippen LogP contribution in [0, 0.1) is 0 Å². The second-order valence-electron chi connectivity index (χ2n) is 6.13. The van der Waals surface area contributed by atoms with Crippen molar-refractivity contribution in [2.45, 2.75) is 38.7 Å². The summed E-state index contributed by atoms with van der Waals surface area (Å²) >= 11 is 0. The number of hydrogen-bond acceptors (Lipinski definition) is 4. The Morgan fingerprint density at radius 1 is 1.18 bits per heavy atom. The first-order valence-electron chi connectivity index (χ1n) is 7.28. The summed E-state index contributed by atoms with van der Waals surface area (Å²) in [6, 6.07) is 11.3. The molecule has 0 bridgehead atoms. The number of esters is 1. The summed E-state index contributed by atoms with van der Waals surface area (Å²) < 4.78 is 16.1. The molecule has 2 rings (SSSR count). The van der Waals surface area contributed by atoms with Crippen molar-refractivity contribution < 1.29 is 18.7 Å². The van der Waals surface area contributed by atoms with Gasteiger partial charge in [0.1, 0.15) is 17.1 Å². The van der Waals surface area contributed by atoms with E-state index in [1.54, 1.807) is 13.4 Å². The molecule has 0 saturated heterocycles. The SMILES string of the molecule is COc1ccc([C@@H](CC(=O)OC(C)(C)C)c2ccco2)cc1. The highest BCUT2D eigenvalue weighted by Crippen LogP contribution is 2.30. The first-order valence-corrected chi connectivity index (χ1v) is 7.28. The molecular weight excluding hydrogens is 280 g/mol. The minimum absolute atomic E-state index is 0.171. The Morgan fingerprint density at radius 2 is 1.86 bits per heavy atom. The Bertz CT molecular complexity index is 591. The van der Waals surface area contributed by atoms with Crippen LogP contribution in [0.3, 0.4) is 0 Å². The minimum Gasteiger partial charge on any atom is -0.497 e. The molecule has 1 aromatic carbocycles. The number of rotatable bonds is 5. The standard InChI is InChI=1S/C18H22O4/c1-18(2,3)22-17(19)12-15(16-6-5-11-21-16)13-7-9-14(20-4)10-8-13/h5-11,15H,12H2,1-4H3/t15-/m1/s1. The van der Waals surface area contributed by atoms with Gasteiger partial charge in [-0.2, -0.15) is 0 Å². The zero-order chi connectivity index (χ0) is 16.2. The Morgan fingerprint density at radius 3 is 2.36 bits per heavy atom. The number of carbonyl (C=O) groups excluding carboxylic acids is 1. The van der Waals surface area contributed by atoms with Crippen molar-refractivity contribution >= 4 is 5.97 Å². The molecule has 0 radical (unpaired) electrons. The predicted octanol–water partition coefficient (Wildman–Crippen LogP) is 4.15. The third kappa shape index (κ3) is 4.38. The van der Waals surface area contributed by atoms with Gasteiger partial charge >= 0.3 is 5.97 Å². The molecule has 0 aliphatic carbocycles. The largest absolute Gasteiger partial charge is 0.497 e. The third-order valence-corrected chi connectivity index (χ3v) is 3.20. The van der Waals surface area contributed by atoms with E-state index in [0.29, 0.717) is 0 Å². The molecule has 4 heteroatoms. The molecule has 4 nitrogen and oxygen atoms in total. The van der Waals surface area contributed by atoms with Crippen molar-refractivity contribution in [2.24, 2.45) is 0 Å². The molecule has 0 fully saturated rings. The number of ether oxygens (including phenoxy) is 2. The van der Waals surface area contributed by atoms with Crippen molar-refractivity contribution in [3.05, 3.63) is 54.0 Å². The molecule has 0 amide bonds. The van der Waals surface area contributed by atoms with Crippen LogP contribution in [0.4, 0.5) is 0 Å². The average molecular weight is 302 g/mol. The fourth-order valence-electron chi connectivity index (χ4n) is 2.26. The lowest BCUT2D eigenvalue weighted by Crippen LogP contribution is -2.25. The third-order valence-electron chi connectivity index (χ3n) is 3.20. The molecule has 0 aliphatic rings. The van der Waals surface area contributed by atoms with Crippen LogP contribution in [0.2, 0.25) is 0 Å². The number of methoxy groups -OCH3 is 1. The lowest BCUT2D eigenvalue weighted by molar-refractivity contribution is -0.155. The number of furan rings is 1. The topological polar surface area (TPSA) is 48.7 Å². The second kappa shape index (κ2) is 6.69. The first kappa shape index (κ1) is 16.1. The molecule has 118 valence electrons. The number of hydrogen-bond donors (Lipinski definition) is 0. The van der Waals surface area contributed by atoms with E-state index in [-0.39, 0.29) is 18.3 Å². The fraction of sp³-hybridized carbons (Fsp3) is 0.389. The molecule has 1 atom stereocenters. The van der Waals surface area contributed by atoms with E-state index in [9.17, 15) is 4.79 Å². The van der Waals surface area contributed by atoms with Crippen LogP contribution in [0.5, 0.6) is 5.75 Å². The van der Waals surface area contributed by atoms with E-state index in [4.69, 9.17) is 13.9 Å². The van der Waals surface area contributed by atoms with Gasteiger partial charge in [-0.25, -0.2) is 0 Å². The van der Waals surface area contributed by atoms with E-state index in [0.717, 1.165) is 17.1 Å². The maximum Gasteiger partial charge on any atom is 0.307 e. The summed E-state index contributed by atoms with van der Waals surface area (Å²) in [5.74, 6) is 1.11. The Kier molecular flexibility index (Phi) is 4.91. The van der Waals surface area contributed by atoms with Gasteiger partial charge in [-0.15, -0.1) is 0 Å². The quantitative estimate of drug-likeness (QED) is 0.778. The van der Waals surface area contributed by atoms with Crippen molar-refractivity contribution in [3.8, 4) is 5.75 Å². The van der Waals surface area contributed by atoms with Gasteiger partial charge in [0.05, 0.1) is 25.7 Å². The van der Waals surface area contributed by atoms with E-state index >= 15 is 0 Å². The molecule has 1 heterocycles. The molecule has 1 aromatic heterocycles. The van der Waals surface area contributed by atoms with Crippen LogP contribution in [0.1, 0.15) is 44.4 Å². The molecule has 2 aromatic rings. The lowest BCUT2D eigenvalue weighted by atomic mass is 9.93. The normalized spacial score (nSPS) is 12.7. The fourth-order valence-corrected chi connectivity index (χ4v) is 2.26. The van der Waals surface area contributed by atoms with E-state index in [1.165, 1.54) is 0 Å².